The molecule has 3 nitrogen and oxygen atoms in total. The maximum Gasteiger partial charge on any atom is 0.143 e. The zero-order valence-electron chi connectivity index (χ0n) is 10.6. The number of hydrogen-bond donors (Lipinski definition) is 1. The maximum atomic E-state index is 9.28. The molecule has 0 spiro atoms. The molecule has 0 amide bonds. The van der Waals surface area contributed by atoms with Crippen molar-refractivity contribution in [3.8, 4) is 5.75 Å². The second-order valence-corrected chi connectivity index (χ2v) is 5.07. The number of pyridine rings is 1. The molecule has 1 aliphatic carbocycles. The van der Waals surface area contributed by atoms with Crippen LogP contribution in [0.3, 0.4) is 0 Å². The number of aromatic nitrogens is 1. The quantitative estimate of drug-likeness (QED) is 0.876. The van der Waals surface area contributed by atoms with Crippen LogP contribution in [0.5, 0.6) is 5.75 Å². The van der Waals surface area contributed by atoms with E-state index in [9.17, 15) is 5.11 Å². The molecular formula is C14H21NO2. The van der Waals surface area contributed by atoms with E-state index in [1.54, 1.807) is 0 Å². The third-order valence-electron chi connectivity index (χ3n) is 3.40. The highest BCUT2D eigenvalue weighted by molar-refractivity contribution is 5.29. The number of ether oxygens (including phenoxy) is 1. The van der Waals surface area contributed by atoms with Gasteiger partial charge < -0.3 is 9.84 Å². The van der Waals surface area contributed by atoms with Gasteiger partial charge in [0.25, 0.3) is 0 Å². The van der Waals surface area contributed by atoms with Crippen LogP contribution in [0.4, 0.5) is 0 Å². The largest absolute Gasteiger partial charge is 0.488 e. The van der Waals surface area contributed by atoms with Crippen molar-refractivity contribution in [1.82, 2.24) is 4.98 Å². The molecule has 2 unspecified atom stereocenters. The fourth-order valence-corrected chi connectivity index (χ4v) is 2.48. The third kappa shape index (κ3) is 3.19. The molecule has 94 valence electrons. The molecule has 1 aliphatic rings. The van der Waals surface area contributed by atoms with Gasteiger partial charge in [0.15, 0.2) is 0 Å². The van der Waals surface area contributed by atoms with Crippen molar-refractivity contribution in [2.75, 3.05) is 0 Å². The van der Waals surface area contributed by atoms with Crippen LogP contribution in [0.25, 0.3) is 0 Å². The van der Waals surface area contributed by atoms with Crippen molar-refractivity contribution in [2.24, 2.45) is 5.92 Å². The molecule has 0 radical (unpaired) electrons. The second-order valence-electron chi connectivity index (χ2n) is 5.07. The molecule has 0 aromatic carbocycles. The normalized spacial score (nSPS) is 24.6. The fourth-order valence-electron chi connectivity index (χ4n) is 2.48. The van der Waals surface area contributed by atoms with Crippen LogP contribution in [0.1, 0.15) is 44.0 Å². The SMILES string of the molecule is Cc1ccc(OC2CCCC(C)C2)c(CO)n1. The lowest BCUT2D eigenvalue weighted by atomic mass is 9.89. The van der Waals surface area contributed by atoms with E-state index in [2.05, 4.69) is 11.9 Å². The molecule has 2 rings (SSSR count). The van der Waals surface area contributed by atoms with E-state index in [0.717, 1.165) is 30.2 Å². The van der Waals surface area contributed by atoms with Gasteiger partial charge in [0.2, 0.25) is 0 Å². The molecule has 1 N–H and O–H groups in total. The smallest absolute Gasteiger partial charge is 0.143 e. The number of aryl methyl sites for hydroxylation is 1. The van der Waals surface area contributed by atoms with E-state index >= 15 is 0 Å². The maximum absolute atomic E-state index is 9.28. The van der Waals surface area contributed by atoms with Gasteiger partial charge in [-0.1, -0.05) is 13.3 Å². The van der Waals surface area contributed by atoms with E-state index in [1.165, 1.54) is 12.8 Å². The minimum absolute atomic E-state index is 0.0563. The van der Waals surface area contributed by atoms with Gasteiger partial charge in [-0.3, -0.25) is 4.98 Å². The highest BCUT2D eigenvalue weighted by Crippen LogP contribution is 2.28. The first-order valence-electron chi connectivity index (χ1n) is 6.43. The van der Waals surface area contributed by atoms with Gasteiger partial charge in [0.05, 0.1) is 12.7 Å². The Hall–Kier alpha value is -1.09. The average molecular weight is 235 g/mol. The van der Waals surface area contributed by atoms with Crippen molar-refractivity contribution in [1.29, 1.82) is 0 Å². The third-order valence-corrected chi connectivity index (χ3v) is 3.40. The van der Waals surface area contributed by atoms with Gasteiger partial charge in [-0.15, -0.1) is 0 Å². The number of nitrogens with zero attached hydrogens (tertiary/aromatic N) is 1. The predicted octanol–water partition coefficient (Wildman–Crippen LogP) is 2.84. The summed E-state index contributed by atoms with van der Waals surface area (Å²) in [6.45, 7) is 4.14. The fraction of sp³-hybridized carbons (Fsp3) is 0.643. The summed E-state index contributed by atoms with van der Waals surface area (Å²) in [4.78, 5) is 4.30. The van der Waals surface area contributed by atoms with Crippen LogP contribution in [-0.2, 0) is 6.61 Å². The summed E-state index contributed by atoms with van der Waals surface area (Å²) in [6.07, 6.45) is 5.05. The molecule has 1 fully saturated rings. The summed E-state index contributed by atoms with van der Waals surface area (Å²) in [5, 5.41) is 9.28. The molecule has 0 aliphatic heterocycles. The van der Waals surface area contributed by atoms with E-state index in [0.29, 0.717) is 5.69 Å². The van der Waals surface area contributed by atoms with Crippen molar-refractivity contribution >= 4 is 0 Å². The minimum atomic E-state index is -0.0563. The van der Waals surface area contributed by atoms with Gasteiger partial charge in [0.1, 0.15) is 11.4 Å². The molecule has 1 heterocycles. The van der Waals surface area contributed by atoms with E-state index in [4.69, 9.17) is 4.74 Å². The molecule has 2 atom stereocenters. The monoisotopic (exact) mass is 235 g/mol. The summed E-state index contributed by atoms with van der Waals surface area (Å²) in [6, 6.07) is 3.86. The Labute approximate surface area is 103 Å². The van der Waals surface area contributed by atoms with E-state index in [-0.39, 0.29) is 12.7 Å². The van der Waals surface area contributed by atoms with Crippen LogP contribution in [0.2, 0.25) is 0 Å². The lowest BCUT2D eigenvalue weighted by molar-refractivity contribution is 0.124. The topological polar surface area (TPSA) is 42.4 Å². The van der Waals surface area contributed by atoms with Gasteiger partial charge >= 0.3 is 0 Å². The molecule has 17 heavy (non-hydrogen) atoms. The lowest BCUT2D eigenvalue weighted by Gasteiger charge is -2.27. The van der Waals surface area contributed by atoms with Crippen molar-refractivity contribution < 1.29 is 9.84 Å². The first kappa shape index (κ1) is 12.4. The second kappa shape index (κ2) is 5.50. The molecule has 0 bridgehead atoms. The summed E-state index contributed by atoms with van der Waals surface area (Å²) in [5.74, 6) is 1.49. The summed E-state index contributed by atoms with van der Waals surface area (Å²) in [5.41, 5.74) is 1.57. The van der Waals surface area contributed by atoms with Gasteiger partial charge in [-0.05, 0) is 44.2 Å². The van der Waals surface area contributed by atoms with Crippen LogP contribution in [-0.4, -0.2) is 16.2 Å². The number of rotatable bonds is 3. The number of aliphatic hydroxyl groups excluding tert-OH is 1. The van der Waals surface area contributed by atoms with E-state index in [1.807, 2.05) is 19.1 Å². The zero-order valence-corrected chi connectivity index (χ0v) is 10.6. The molecule has 1 aromatic heterocycles. The summed E-state index contributed by atoms with van der Waals surface area (Å²) < 4.78 is 5.98. The Morgan fingerprint density at radius 3 is 2.94 bits per heavy atom. The molecule has 1 saturated carbocycles. The lowest BCUT2D eigenvalue weighted by Crippen LogP contribution is -2.24. The van der Waals surface area contributed by atoms with Gasteiger partial charge in [-0.2, -0.15) is 0 Å². The number of hydrogen-bond acceptors (Lipinski definition) is 3. The molecule has 1 aromatic rings. The highest BCUT2D eigenvalue weighted by atomic mass is 16.5. The van der Waals surface area contributed by atoms with Crippen molar-refractivity contribution in [2.45, 2.75) is 52.2 Å². The van der Waals surface area contributed by atoms with Crippen LogP contribution in [0, 0.1) is 12.8 Å². The van der Waals surface area contributed by atoms with E-state index < -0.39 is 0 Å². The van der Waals surface area contributed by atoms with Gasteiger partial charge in [0, 0.05) is 5.69 Å². The Bertz CT molecular complexity index is 378. The van der Waals surface area contributed by atoms with Gasteiger partial charge in [-0.25, -0.2) is 0 Å². The standard InChI is InChI=1S/C14H21NO2/c1-10-4-3-5-12(8-10)17-14-7-6-11(2)15-13(14)9-16/h6-7,10,12,16H,3-5,8-9H2,1-2H3. The summed E-state index contributed by atoms with van der Waals surface area (Å²) >= 11 is 0. The Morgan fingerprint density at radius 1 is 1.41 bits per heavy atom. The van der Waals surface area contributed by atoms with Crippen LogP contribution >= 0.6 is 0 Å². The number of aliphatic hydroxyl groups is 1. The molecule has 0 saturated heterocycles. The Balaban J connectivity index is 2.07. The Kier molecular flexibility index (Phi) is 4.00. The predicted molar refractivity (Wildman–Crippen MR) is 66.9 cm³/mol. The Morgan fingerprint density at radius 2 is 2.24 bits per heavy atom. The zero-order chi connectivity index (χ0) is 12.3. The average Bonchev–Trinajstić information content (AvgIpc) is 2.31. The summed E-state index contributed by atoms with van der Waals surface area (Å²) in [7, 11) is 0. The first-order chi connectivity index (χ1) is 8.19. The van der Waals surface area contributed by atoms with Crippen molar-refractivity contribution in [3.05, 3.63) is 23.5 Å². The molecular weight excluding hydrogens is 214 g/mol. The highest BCUT2D eigenvalue weighted by Gasteiger charge is 2.21. The van der Waals surface area contributed by atoms with Crippen LogP contribution < -0.4 is 4.74 Å². The minimum Gasteiger partial charge on any atom is -0.488 e. The molecule has 3 heteroatoms. The van der Waals surface area contributed by atoms with Crippen LogP contribution in [0.15, 0.2) is 12.1 Å². The van der Waals surface area contributed by atoms with Crippen molar-refractivity contribution in [3.63, 3.8) is 0 Å². The first-order valence-corrected chi connectivity index (χ1v) is 6.43.